The van der Waals surface area contributed by atoms with Gasteiger partial charge in [-0.05, 0) is 32.1 Å². The highest BCUT2D eigenvalue weighted by Crippen LogP contribution is 2.43. The summed E-state index contributed by atoms with van der Waals surface area (Å²) in [4.78, 5) is 33.5. The maximum absolute atomic E-state index is 12.3. The van der Waals surface area contributed by atoms with Crippen molar-refractivity contribution in [2.45, 2.75) is 161 Å². The fourth-order valence-electron chi connectivity index (χ4n) is 4.50. The van der Waals surface area contributed by atoms with Gasteiger partial charge in [-0.1, -0.05) is 116 Å². The summed E-state index contributed by atoms with van der Waals surface area (Å²) in [7, 11) is -4.58. The first-order valence-electron chi connectivity index (χ1n) is 17.1. The lowest BCUT2D eigenvalue weighted by atomic mass is 10.1. The van der Waals surface area contributed by atoms with Gasteiger partial charge in [-0.3, -0.25) is 18.6 Å². The number of aliphatic hydroxyl groups excluding tert-OH is 2. The van der Waals surface area contributed by atoms with E-state index in [2.05, 4.69) is 23.6 Å². The highest BCUT2D eigenvalue weighted by atomic mass is 31.2. The second-order valence-corrected chi connectivity index (χ2v) is 13.0. The summed E-state index contributed by atoms with van der Waals surface area (Å²) in [5, 5.41) is 18.0. The van der Waals surface area contributed by atoms with Crippen molar-refractivity contribution in [2.24, 2.45) is 0 Å². The number of phosphoric acid groups is 1. The summed E-state index contributed by atoms with van der Waals surface area (Å²) in [5.74, 6) is -1.02. The summed E-state index contributed by atoms with van der Waals surface area (Å²) in [6.45, 7) is 1.74. The molecule has 0 aliphatic heterocycles. The summed E-state index contributed by atoms with van der Waals surface area (Å²) in [6, 6.07) is 0. The molecule has 0 aliphatic carbocycles. The fraction of sp³-hybridized carbons (Fsp3) is 0.879. The minimum atomic E-state index is -4.58. The Balaban J connectivity index is 3.87. The SMILES string of the molecule is CCCCCCCCCC/C=C\CCCCCCCCCCCC(=O)OC(COC(=O)CC)COP(=O)(O)OCC(O)CO. The van der Waals surface area contributed by atoms with Crippen LogP contribution in [0.5, 0.6) is 0 Å². The van der Waals surface area contributed by atoms with E-state index >= 15 is 0 Å². The second-order valence-electron chi connectivity index (χ2n) is 11.5. The molecule has 0 aromatic rings. The minimum Gasteiger partial charge on any atom is -0.462 e. The van der Waals surface area contributed by atoms with Crippen LogP contribution in [0.4, 0.5) is 0 Å². The zero-order valence-electron chi connectivity index (χ0n) is 27.6. The van der Waals surface area contributed by atoms with Gasteiger partial charge in [-0.2, -0.15) is 0 Å². The molecule has 0 saturated heterocycles. The van der Waals surface area contributed by atoms with Crippen molar-refractivity contribution in [3.63, 3.8) is 0 Å². The molecular formula is C33H63O10P. The van der Waals surface area contributed by atoms with Gasteiger partial charge >= 0.3 is 19.8 Å². The second kappa shape index (κ2) is 30.4. The van der Waals surface area contributed by atoms with Crippen LogP contribution in [0.15, 0.2) is 12.2 Å². The van der Waals surface area contributed by atoms with E-state index in [0.717, 1.165) is 19.3 Å². The standard InChI is InChI=1S/C33H63O10P/c1-3-5-6-7-8-9-10-11-12-13-14-15-16-17-18-19-20-21-22-23-24-25-33(37)43-31(28-40-32(36)4-2)29-42-44(38,39)41-27-30(35)26-34/h13-14,30-31,34-35H,3-12,15-29H2,1-2H3,(H,38,39)/b14-13-. The lowest BCUT2D eigenvalue weighted by molar-refractivity contribution is -0.161. The molecule has 0 aliphatic rings. The zero-order valence-corrected chi connectivity index (χ0v) is 28.5. The number of aliphatic hydroxyl groups is 2. The lowest BCUT2D eigenvalue weighted by Crippen LogP contribution is -2.29. The third kappa shape index (κ3) is 29.4. The number of hydrogen-bond donors (Lipinski definition) is 3. The maximum atomic E-state index is 12.3. The summed E-state index contributed by atoms with van der Waals surface area (Å²) >= 11 is 0. The van der Waals surface area contributed by atoms with Gasteiger partial charge in [0.05, 0.1) is 19.8 Å². The highest BCUT2D eigenvalue weighted by molar-refractivity contribution is 7.47. The topological polar surface area (TPSA) is 149 Å². The molecule has 0 bridgehead atoms. The van der Waals surface area contributed by atoms with Crippen molar-refractivity contribution >= 4 is 19.8 Å². The van der Waals surface area contributed by atoms with Crippen LogP contribution in [-0.2, 0) is 32.7 Å². The van der Waals surface area contributed by atoms with E-state index in [1.165, 1.54) is 96.3 Å². The molecular weight excluding hydrogens is 587 g/mol. The van der Waals surface area contributed by atoms with E-state index < -0.39 is 51.8 Å². The predicted molar refractivity (Wildman–Crippen MR) is 173 cm³/mol. The molecule has 0 aromatic heterocycles. The molecule has 0 fully saturated rings. The highest BCUT2D eigenvalue weighted by Gasteiger charge is 2.27. The van der Waals surface area contributed by atoms with Crippen molar-refractivity contribution < 1.29 is 47.8 Å². The maximum Gasteiger partial charge on any atom is 0.472 e. The van der Waals surface area contributed by atoms with E-state index in [4.69, 9.17) is 19.1 Å². The third-order valence-electron chi connectivity index (χ3n) is 7.22. The lowest BCUT2D eigenvalue weighted by Gasteiger charge is -2.20. The van der Waals surface area contributed by atoms with E-state index in [1.54, 1.807) is 6.92 Å². The van der Waals surface area contributed by atoms with Crippen LogP contribution in [0.25, 0.3) is 0 Å². The Morgan fingerprint density at radius 1 is 0.682 bits per heavy atom. The zero-order chi connectivity index (χ0) is 32.7. The molecule has 3 atom stereocenters. The molecule has 0 spiro atoms. The smallest absolute Gasteiger partial charge is 0.462 e. The van der Waals surface area contributed by atoms with Gasteiger partial charge in [0.15, 0.2) is 6.10 Å². The first-order chi connectivity index (χ1) is 21.2. The molecule has 0 saturated carbocycles. The van der Waals surface area contributed by atoms with Crippen LogP contribution < -0.4 is 0 Å². The first kappa shape index (κ1) is 42.7. The number of carbonyl (C=O) groups excluding carboxylic acids is 2. The van der Waals surface area contributed by atoms with Crippen molar-refractivity contribution in [2.75, 3.05) is 26.4 Å². The Morgan fingerprint density at radius 2 is 1.16 bits per heavy atom. The van der Waals surface area contributed by atoms with E-state index in [1.807, 2.05) is 0 Å². The summed E-state index contributed by atoms with van der Waals surface area (Å²) in [6.07, 6.45) is 25.9. The Hall–Kier alpha value is -1.29. The number of ether oxygens (including phenoxy) is 2. The van der Waals surface area contributed by atoms with Gasteiger partial charge in [0.1, 0.15) is 12.7 Å². The van der Waals surface area contributed by atoms with Crippen molar-refractivity contribution in [1.82, 2.24) is 0 Å². The van der Waals surface area contributed by atoms with Gasteiger partial charge in [0, 0.05) is 12.8 Å². The average Bonchev–Trinajstić information content (AvgIpc) is 3.01. The van der Waals surface area contributed by atoms with Gasteiger partial charge in [-0.15, -0.1) is 0 Å². The average molecular weight is 651 g/mol. The number of allylic oxidation sites excluding steroid dienone is 2. The normalized spacial score (nSPS) is 14.4. The molecule has 44 heavy (non-hydrogen) atoms. The third-order valence-corrected chi connectivity index (χ3v) is 8.17. The predicted octanol–water partition coefficient (Wildman–Crippen LogP) is 7.72. The van der Waals surface area contributed by atoms with Crippen LogP contribution in [0.2, 0.25) is 0 Å². The molecule has 0 rings (SSSR count). The molecule has 260 valence electrons. The van der Waals surface area contributed by atoms with Gasteiger partial charge in [0.2, 0.25) is 0 Å². The first-order valence-corrected chi connectivity index (χ1v) is 18.6. The number of phosphoric ester groups is 1. The molecule has 0 amide bonds. The number of carbonyl (C=O) groups is 2. The van der Waals surface area contributed by atoms with E-state index in [-0.39, 0.29) is 19.4 Å². The van der Waals surface area contributed by atoms with Gasteiger partial charge < -0.3 is 24.6 Å². The molecule has 3 unspecified atom stereocenters. The van der Waals surface area contributed by atoms with Crippen LogP contribution in [-0.4, -0.2) is 65.7 Å². The quantitative estimate of drug-likeness (QED) is 0.0286. The van der Waals surface area contributed by atoms with E-state index in [9.17, 15) is 24.2 Å². The Morgan fingerprint density at radius 3 is 1.66 bits per heavy atom. The van der Waals surface area contributed by atoms with Crippen molar-refractivity contribution in [3.05, 3.63) is 12.2 Å². The van der Waals surface area contributed by atoms with Crippen LogP contribution in [0.3, 0.4) is 0 Å². The van der Waals surface area contributed by atoms with Gasteiger partial charge in [-0.25, -0.2) is 4.57 Å². The van der Waals surface area contributed by atoms with Crippen molar-refractivity contribution in [3.8, 4) is 0 Å². The Labute approximate surface area is 266 Å². The van der Waals surface area contributed by atoms with Crippen LogP contribution in [0, 0.1) is 0 Å². The van der Waals surface area contributed by atoms with Crippen LogP contribution >= 0.6 is 7.82 Å². The molecule has 0 aromatic carbocycles. The summed E-state index contributed by atoms with van der Waals surface area (Å²) < 4.78 is 31.7. The van der Waals surface area contributed by atoms with E-state index in [0.29, 0.717) is 6.42 Å². The Kier molecular flexibility index (Phi) is 29.5. The molecule has 0 heterocycles. The number of esters is 2. The molecule has 3 N–H and O–H groups in total. The molecule has 11 heteroatoms. The largest absolute Gasteiger partial charge is 0.472 e. The number of hydrogen-bond acceptors (Lipinski definition) is 9. The minimum absolute atomic E-state index is 0.124. The Bertz CT molecular complexity index is 761. The number of rotatable bonds is 32. The van der Waals surface area contributed by atoms with Gasteiger partial charge in [0.25, 0.3) is 0 Å². The summed E-state index contributed by atoms with van der Waals surface area (Å²) in [5.41, 5.74) is 0. The number of unbranched alkanes of at least 4 members (excludes halogenated alkanes) is 17. The van der Waals surface area contributed by atoms with Crippen molar-refractivity contribution in [1.29, 1.82) is 0 Å². The molecule has 10 nitrogen and oxygen atoms in total. The monoisotopic (exact) mass is 650 g/mol. The fourth-order valence-corrected chi connectivity index (χ4v) is 5.29. The van der Waals surface area contributed by atoms with Crippen LogP contribution in [0.1, 0.15) is 149 Å². The molecule has 0 radical (unpaired) electrons.